The largest absolute Gasteiger partial charge is 0.248 e. The highest BCUT2D eigenvalue weighted by Gasteiger charge is 1.84. The van der Waals surface area contributed by atoms with Gasteiger partial charge in [-0.15, -0.1) is 0 Å². The van der Waals surface area contributed by atoms with E-state index in [1.54, 1.807) is 18.3 Å². The van der Waals surface area contributed by atoms with Gasteiger partial charge in [0.25, 0.3) is 0 Å². The summed E-state index contributed by atoms with van der Waals surface area (Å²) in [6, 6.07) is 16.3. The average Bonchev–Trinajstić information content (AvgIpc) is 2.29. The molecule has 1 aromatic carbocycles. The Labute approximate surface area is 83.4 Å². The van der Waals surface area contributed by atoms with Gasteiger partial charge >= 0.3 is 0 Å². The Balaban J connectivity index is 2.24. The molecule has 0 N–H and O–H groups in total. The van der Waals surface area contributed by atoms with Crippen molar-refractivity contribution in [2.24, 2.45) is 0 Å². The molecule has 65 valence electrons. The molecule has 2 rings (SSSR count). The Bertz CT molecular complexity index is 405. The van der Waals surface area contributed by atoms with Crippen molar-refractivity contribution in [2.75, 3.05) is 0 Å². The lowest BCUT2D eigenvalue weighted by Crippen LogP contribution is -1.79. The molecular formula is C13H8N. The van der Waals surface area contributed by atoms with Gasteiger partial charge in [-0.25, -0.2) is 4.98 Å². The molecule has 1 heteroatoms. The summed E-state index contributed by atoms with van der Waals surface area (Å²) >= 11 is 0. The predicted molar refractivity (Wildman–Crippen MR) is 55.5 cm³/mol. The predicted octanol–water partition coefficient (Wildman–Crippen LogP) is 2.28. The normalized spacial score (nSPS) is 8.86. The molecule has 1 heterocycles. The third-order valence-corrected chi connectivity index (χ3v) is 1.71. The highest BCUT2D eigenvalue weighted by Crippen LogP contribution is 1.96. The molecule has 0 saturated carbocycles. The maximum absolute atomic E-state index is 4.09. The first kappa shape index (κ1) is 8.52. The Morgan fingerprint density at radius 3 is 2.64 bits per heavy atom. The highest BCUT2D eigenvalue weighted by molar-refractivity contribution is 5.39. The number of benzene rings is 1. The van der Waals surface area contributed by atoms with E-state index >= 15 is 0 Å². The summed E-state index contributed by atoms with van der Waals surface area (Å²) in [6.45, 7) is 0. The second kappa shape index (κ2) is 4.25. The van der Waals surface area contributed by atoms with Crippen LogP contribution in [0.3, 0.4) is 0 Å². The number of pyridine rings is 1. The Morgan fingerprint density at radius 2 is 1.93 bits per heavy atom. The van der Waals surface area contributed by atoms with Crippen LogP contribution in [-0.4, -0.2) is 4.98 Å². The van der Waals surface area contributed by atoms with Crippen molar-refractivity contribution in [2.45, 2.75) is 0 Å². The van der Waals surface area contributed by atoms with Gasteiger partial charge in [0.1, 0.15) is 5.69 Å². The van der Waals surface area contributed by atoms with Crippen LogP contribution in [0.2, 0.25) is 0 Å². The van der Waals surface area contributed by atoms with Crippen LogP contribution in [0.1, 0.15) is 11.3 Å². The molecule has 0 spiro atoms. The van der Waals surface area contributed by atoms with Crippen molar-refractivity contribution >= 4 is 0 Å². The van der Waals surface area contributed by atoms with Crippen molar-refractivity contribution < 1.29 is 0 Å². The zero-order chi connectivity index (χ0) is 9.64. The van der Waals surface area contributed by atoms with Crippen molar-refractivity contribution in [1.82, 2.24) is 4.98 Å². The van der Waals surface area contributed by atoms with Crippen LogP contribution in [-0.2, 0) is 0 Å². The zero-order valence-corrected chi connectivity index (χ0v) is 7.57. The lowest BCUT2D eigenvalue weighted by atomic mass is 10.2. The fourth-order valence-corrected chi connectivity index (χ4v) is 1.05. The lowest BCUT2D eigenvalue weighted by molar-refractivity contribution is 1.28. The van der Waals surface area contributed by atoms with E-state index in [-0.39, 0.29) is 0 Å². The molecule has 0 fully saturated rings. The first-order valence-electron chi connectivity index (χ1n) is 4.34. The van der Waals surface area contributed by atoms with Gasteiger partial charge in [-0.05, 0) is 36.3 Å². The molecule has 0 aliphatic heterocycles. The van der Waals surface area contributed by atoms with E-state index in [2.05, 4.69) is 22.9 Å². The van der Waals surface area contributed by atoms with Crippen LogP contribution in [0, 0.1) is 17.9 Å². The van der Waals surface area contributed by atoms with Crippen LogP contribution in [0.25, 0.3) is 0 Å². The summed E-state index contributed by atoms with van der Waals surface area (Å²) in [5.41, 5.74) is 1.74. The number of rotatable bonds is 0. The quantitative estimate of drug-likeness (QED) is 0.564. The Kier molecular flexibility index (Phi) is 2.59. The fraction of sp³-hybridized carbons (Fsp3) is 0. The first-order chi connectivity index (χ1) is 6.95. The van der Waals surface area contributed by atoms with E-state index in [9.17, 15) is 0 Å². The smallest absolute Gasteiger partial charge is 0.114 e. The third kappa shape index (κ3) is 2.21. The van der Waals surface area contributed by atoms with Crippen LogP contribution in [0.4, 0.5) is 0 Å². The molecule has 0 bridgehead atoms. The summed E-state index contributed by atoms with van der Waals surface area (Å²) in [6.07, 6.45) is 1.69. The van der Waals surface area contributed by atoms with Crippen LogP contribution in [0.15, 0.2) is 48.7 Å². The molecule has 1 radical (unpaired) electrons. The van der Waals surface area contributed by atoms with E-state index in [1.807, 2.05) is 30.3 Å². The molecule has 0 unspecified atom stereocenters. The first-order valence-corrected chi connectivity index (χ1v) is 4.34. The van der Waals surface area contributed by atoms with Crippen molar-refractivity contribution in [3.8, 4) is 11.8 Å². The Morgan fingerprint density at radius 1 is 1.07 bits per heavy atom. The molecule has 2 aromatic rings. The van der Waals surface area contributed by atoms with Gasteiger partial charge in [0.15, 0.2) is 0 Å². The minimum absolute atomic E-state index is 0.747. The van der Waals surface area contributed by atoms with Crippen molar-refractivity contribution in [1.29, 1.82) is 0 Å². The number of hydrogen-bond donors (Lipinski definition) is 0. The van der Waals surface area contributed by atoms with E-state index < -0.39 is 0 Å². The minimum atomic E-state index is 0.747. The topological polar surface area (TPSA) is 12.9 Å². The van der Waals surface area contributed by atoms with Crippen LogP contribution in [0.5, 0.6) is 0 Å². The molecule has 0 aliphatic rings. The summed E-state index contributed by atoms with van der Waals surface area (Å²) < 4.78 is 0. The summed E-state index contributed by atoms with van der Waals surface area (Å²) in [5, 5.41) is 0. The maximum atomic E-state index is 4.09. The standard InChI is InChI=1S/C13H8N/c1-2-6-12(7-3-1)9-10-13-8-4-5-11-14-13/h1-3,5-8,11H. The second-order valence-electron chi connectivity index (χ2n) is 2.76. The van der Waals surface area contributed by atoms with Gasteiger partial charge in [-0.1, -0.05) is 24.1 Å². The molecule has 0 saturated heterocycles. The van der Waals surface area contributed by atoms with Gasteiger partial charge in [0.05, 0.1) is 0 Å². The van der Waals surface area contributed by atoms with E-state index in [4.69, 9.17) is 0 Å². The second-order valence-corrected chi connectivity index (χ2v) is 2.76. The fourth-order valence-electron chi connectivity index (χ4n) is 1.05. The summed E-state index contributed by atoms with van der Waals surface area (Å²) in [5.74, 6) is 6.00. The molecular weight excluding hydrogens is 170 g/mol. The van der Waals surface area contributed by atoms with Gasteiger partial charge in [-0.3, -0.25) is 0 Å². The van der Waals surface area contributed by atoms with E-state index in [1.165, 1.54) is 0 Å². The molecule has 1 nitrogen and oxygen atoms in total. The van der Waals surface area contributed by atoms with Gasteiger partial charge in [0, 0.05) is 11.8 Å². The van der Waals surface area contributed by atoms with Crippen LogP contribution < -0.4 is 0 Å². The number of nitrogens with zero attached hydrogens (tertiary/aromatic N) is 1. The SMILES string of the molecule is C(#Cc1c[c]ccn1)c1ccccc1. The summed E-state index contributed by atoms with van der Waals surface area (Å²) in [7, 11) is 0. The van der Waals surface area contributed by atoms with Gasteiger partial charge in [-0.2, -0.15) is 0 Å². The Hall–Kier alpha value is -2.07. The molecule has 1 aromatic heterocycles. The van der Waals surface area contributed by atoms with Crippen molar-refractivity contribution in [3.63, 3.8) is 0 Å². The van der Waals surface area contributed by atoms with Crippen molar-refractivity contribution in [3.05, 3.63) is 66.0 Å². The number of aromatic nitrogens is 1. The minimum Gasteiger partial charge on any atom is -0.248 e. The van der Waals surface area contributed by atoms with Crippen LogP contribution >= 0.6 is 0 Å². The van der Waals surface area contributed by atoms with E-state index in [0.29, 0.717) is 0 Å². The third-order valence-electron chi connectivity index (χ3n) is 1.71. The number of hydrogen-bond acceptors (Lipinski definition) is 1. The van der Waals surface area contributed by atoms with Gasteiger partial charge < -0.3 is 0 Å². The maximum Gasteiger partial charge on any atom is 0.114 e. The average molecular weight is 178 g/mol. The van der Waals surface area contributed by atoms with Gasteiger partial charge in [0.2, 0.25) is 0 Å². The monoisotopic (exact) mass is 178 g/mol. The molecule has 0 aliphatic carbocycles. The highest BCUT2D eigenvalue weighted by atomic mass is 14.6. The lowest BCUT2D eigenvalue weighted by Gasteiger charge is -1.87. The molecule has 0 amide bonds. The summed E-state index contributed by atoms with van der Waals surface area (Å²) in [4.78, 5) is 4.09. The molecule has 14 heavy (non-hydrogen) atoms. The zero-order valence-electron chi connectivity index (χ0n) is 7.57. The molecule has 0 atom stereocenters. The van der Waals surface area contributed by atoms with E-state index in [0.717, 1.165) is 11.3 Å².